The Balaban J connectivity index is 1.68. The summed E-state index contributed by atoms with van der Waals surface area (Å²) in [6.45, 7) is 6.44. The Kier molecular flexibility index (Phi) is 4.76. The highest BCUT2D eigenvalue weighted by molar-refractivity contribution is 5.69. The molecule has 0 radical (unpaired) electrons. The molecule has 24 heavy (non-hydrogen) atoms. The van der Waals surface area contributed by atoms with Gasteiger partial charge in [0.15, 0.2) is 5.82 Å². The molecule has 2 heterocycles. The topological polar surface area (TPSA) is 75.5 Å². The zero-order chi connectivity index (χ0) is 17.3. The van der Waals surface area contributed by atoms with E-state index in [9.17, 15) is 9.90 Å². The molecule has 1 aliphatic carbocycles. The van der Waals surface area contributed by atoms with Gasteiger partial charge in [-0.2, -0.15) is 0 Å². The first kappa shape index (κ1) is 17.1. The molecule has 3 rings (SSSR count). The Morgan fingerprint density at radius 1 is 1.29 bits per heavy atom. The molecule has 1 atom stereocenters. The van der Waals surface area contributed by atoms with Gasteiger partial charge in [-0.05, 0) is 39.5 Å². The van der Waals surface area contributed by atoms with Crippen LogP contribution in [0.25, 0.3) is 0 Å². The summed E-state index contributed by atoms with van der Waals surface area (Å²) < 4.78 is 5.42. The van der Waals surface area contributed by atoms with Gasteiger partial charge in [0.1, 0.15) is 11.7 Å². The minimum Gasteiger partial charge on any atom is -0.444 e. The summed E-state index contributed by atoms with van der Waals surface area (Å²) in [5.74, 6) is 0.742. The minimum absolute atomic E-state index is 0.250. The van der Waals surface area contributed by atoms with Crippen molar-refractivity contribution in [3.8, 4) is 0 Å². The lowest BCUT2D eigenvalue weighted by molar-refractivity contribution is 0.0240. The first-order chi connectivity index (χ1) is 11.3. The fourth-order valence-corrected chi connectivity index (χ4v) is 3.43. The monoisotopic (exact) mass is 333 g/mol. The molecule has 1 unspecified atom stereocenters. The molecular weight excluding hydrogens is 306 g/mol. The molecule has 1 N–H and O–H groups in total. The summed E-state index contributed by atoms with van der Waals surface area (Å²) in [4.78, 5) is 22.7. The van der Waals surface area contributed by atoms with Crippen molar-refractivity contribution in [3.05, 3.63) is 23.3 Å². The van der Waals surface area contributed by atoms with Crippen molar-refractivity contribution >= 4 is 6.09 Å². The fourth-order valence-electron chi connectivity index (χ4n) is 3.43. The highest BCUT2D eigenvalue weighted by atomic mass is 16.6. The van der Waals surface area contributed by atoms with Gasteiger partial charge in [-0.1, -0.05) is 19.3 Å². The summed E-state index contributed by atoms with van der Waals surface area (Å²) in [6, 6.07) is 0. The molecule has 0 saturated heterocycles. The molecule has 0 spiro atoms. The van der Waals surface area contributed by atoms with Gasteiger partial charge >= 0.3 is 6.09 Å². The molecule has 6 nitrogen and oxygen atoms in total. The van der Waals surface area contributed by atoms with Gasteiger partial charge in [-0.15, -0.1) is 0 Å². The molecule has 1 aromatic rings. The van der Waals surface area contributed by atoms with Crippen molar-refractivity contribution in [2.24, 2.45) is 5.92 Å². The van der Waals surface area contributed by atoms with Crippen LogP contribution in [0.5, 0.6) is 0 Å². The second kappa shape index (κ2) is 6.67. The number of aliphatic hydroxyl groups excluding tert-OH is 1. The lowest BCUT2D eigenvalue weighted by Gasteiger charge is -2.25. The van der Waals surface area contributed by atoms with E-state index in [4.69, 9.17) is 4.74 Å². The van der Waals surface area contributed by atoms with Crippen LogP contribution >= 0.6 is 0 Å². The quantitative estimate of drug-likeness (QED) is 0.898. The van der Waals surface area contributed by atoms with Crippen molar-refractivity contribution in [2.75, 3.05) is 0 Å². The molecule has 6 heteroatoms. The van der Waals surface area contributed by atoms with E-state index >= 15 is 0 Å². The lowest BCUT2D eigenvalue weighted by atomic mass is 9.85. The summed E-state index contributed by atoms with van der Waals surface area (Å²) in [5.41, 5.74) is 1.24. The fraction of sp³-hybridized carbons (Fsp3) is 0.722. The number of nitrogens with zero attached hydrogens (tertiary/aromatic N) is 3. The number of amides is 1. The van der Waals surface area contributed by atoms with Gasteiger partial charge in [0.25, 0.3) is 0 Å². The maximum Gasteiger partial charge on any atom is 0.410 e. The molecule has 1 aromatic heterocycles. The van der Waals surface area contributed by atoms with Gasteiger partial charge in [-0.3, -0.25) is 4.90 Å². The maximum absolute atomic E-state index is 12.2. The van der Waals surface area contributed by atoms with Crippen LogP contribution in [0.15, 0.2) is 6.20 Å². The number of carbonyl (C=O) groups excluding carboxylic acids is 1. The third-order valence-corrected chi connectivity index (χ3v) is 4.69. The number of fused-ring (bicyclic) bond motifs is 1. The van der Waals surface area contributed by atoms with Crippen LogP contribution in [-0.4, -0.2) is 31.7 Å². The van der Waals surface area contributed by atoms with E-state index < -0.39 is 11.7 Å². The molecule has 0 bridgehead atoms. The number of ether oxygens (including phenoxy) is 1. The first-order valence-corrected chi connectivity index (χ1v) is 8.84. The number of rotatable bonds is 2. The van der Waals surface area contributed by atoms with Crippen molar-refractivity contribution in [1.82, 2.24) is 14.9 Å². The van der Waals surface area contributed by atoms with Crippen LogP contribution in [0.3, 0.4) is 0 Å². The maximum atomic E-state index is 12.2. The second-order valence-electron chi connectivity index (χ2n) is 7.88. The van der Waals surface area contributed by atoms with Crippen LogP contribution < -0.4 is 0 Å². The zero-order valence-electron chi connectivity index (χ0n) is 14.8. The van der Waals surface area contributed by atoms with Crippen LogP contribution in [0.2, 0.25) is 0 Å². The predicted molar refractivity (Wildman–Crippen MR) is 89.0 cm³/mol. The number of hydrogen-bond donors (Lipinski definition) is 1. The van der Waals surface area contributed by atoms with Gasteiger partial charge in [0, 0.05) is 11.8 Å². The second-order valence-corrected chi connectivity index (χ2v) is 7.88. The Labute approximate surface area is 143 Å². The van der Waals surface area contributed by atoms with Gasteiger partial charge < -0.3 is 9.84 Å². The molecule has 1 amide bonds. The SMILES string of the molecule is CC(C)(C)OC(=O)N1Cc2cnc(C(O)C3CCCCC3)nc2C1. The van der Waals surface area contributed by atoms with E-state index in [1.807, 2.05) is 20.8 Å². The van der Waals surface area contributed by atoms with E-state index in [1.165, 1.54) is 19.3 Å². The number of aliphatic hydroxyl groups is 1. The van der Waals surface area contributed by atoms with Gasteiger partial charge in [0.05, 0.1) is 18.8 Å². The van der Waals surface area contributed by atoms with E-state index in [-0.39, 0.29) is 12.0 Å². The van der Waals surface area contributed by atoms with Crippen LogP contribution in [-0.2, 0) is 17.8 Å². The Morgan fingerprint density at radius 3 is 2.67 bits per heavy atom. The summed E-state index contributed by atoms with van der Waals surface area (Å²) in [5, 5.41) is 10.6. The van der Waals surface area contributed by atoms with E-state index in [1.54, 1.807) is 11.1 Å². The zero-order valence-corrected chi connectivity index (χ0v) is 14.8. The Morgan fingerprint density at radius 2 is 2.00 bits per heavy atom. The number of hydrogen-bond acceptors (Lipinski definition) is 5. The number of aromatic nitrogens is 2. The normalized spacial score (nSPS) is 19.9. The summed E-state index contributed by atoms with van der Waals surface area (Å²) in [7, 11) is 0. The molecule has 0 aromatic carbocycles. The van der Waals surface area contributed by atoms with E-state index in [0.29, 0.717) is 18.9 Å². The van der Waals surface area contributed by atoms with Crippen molar-refractivity contribution in [3.63, 3.8) is 0 Å². The molecule has 2 aliphatic rings. The average Bonchev–Trinajstić information content (AvgIpc) is 2.96. The Bertz CT molecular complexity index is 606. The Hall–Kier alpha value is -1.69. The third kappa shape index (κ3) is 3.86. The molecule has 1 saturated carbocycles. The van der Waals surface area contributed by atoms with Crippen LogP contribution in [0.1, 0.15) is 76.1 Å². The minimum atomic E-state index is -0.605. The highest BCUT2D eigenvalue weighted by Gasteiger charge is 2.31. The average molecular weight is 333 g/mol. The van der Waals surface area contributed by atoms with Gasteiger partial charge in [0.2, 0.25) is 0 Å². The van der Waals surface area contributed by atoms with Gasteiger partial charge in [-0.25, -0.2) is 14.8 Å². The third-order valence-electron chi connectivity index (χ3n) is 4.69. The molecule has 132 valence electrons. The first-order valence-electron chi connectivity index (χ1n) is 8.84. The number of carbonyl (C=O) groups is 1. The standard InChI is InChI=1S/C18H27N3O3/c1-18(2,3)24-17(23)21-10-13-9-19-16(20-14(13)11-21)15(22)12-7-5-4-6-8-12/h9,12,15,22H,4-8,10-11H2,1-3H3. The van der Waals surface area contributed by atoms with E-state index in [2.05, 4.69) is 9.97 Å². The van der Waals surface area contributed by atoms with Crippen LogP contribution in [0.4, 0.5) is 4.79 Å². The summed E-state index contributed by atoms with van der Waals surface area (Å²) in [6.07, 6.45) is 6.45. The van der Waals surface area contributed by atoms with Crippen molar-refractivity contribution < 1.29 is 14.6 Å². The largest absolute Gasteiger partial charge is 0.444 e. The molecular formula is C18H27N3O3. The molecule has 1 fully saturated rings. The van der Waals surface area contributed by atoms with E-state index in [0.717, 1.165) is 24.1 Å². The smallest absolute Gasteiger partial charge is 0.410 e. The molecule has 1 aliphatic heterocycles. The van der Waals surface area contributed by atoms with Crippen LogP contribution in [0, 0.1) is 5.92 Å². The lowest BCUT2D eigenvalue weighted by Crippen LogP contribution is -2.33. The van der Waals surface area contributed by atoms with Crippen molar-refractivity contribution in [2.45, 2.75) is 77.7 Å². The predicted octanol–water partition coefficient (Wildman–Crippen LogP) is 3.34. The van der Waals surface area contributed by atoms with Crippen molar-refractivity contribution in [1.29, 1.82) is 0 Å². The highest BCUT2D eigenvalue weighted by Crippen LogP contribution is 2.33. The summed E-state index contributed by atoms with van der Waals surface area (Å²) >= 11 is 0.